The fourth-order valence-electron chi connectivity index (χ4n) is 1.89. The summed E-state index contributed by atoms with van der Waals surface area (Å²) < 4.78 is 5.24. The third-order valence-electron chi connectivity index (χ3n) is 3.11. The monoisotopic (exact) mass is 290 g/mol. The van der Waals surface area contributed by atoms with Gasteiger partial charge in [0, 0.05) is 19.8 Å². The molecule has 1 aliphatic rings. The van der Waals surface area contributed by atoms with E-state index in [0.717, 1.165) is 26.1 Å². The second-order valence-electron chi connectivity index (χ2n) is 4.58. The first kappa shape index (κ1) is 16.1. The highest BCUT2D eigenvalue weighted by Crippen LogP contribution is 2.13. The Morgan fingerprint density at radius 1 is 1.42 bits per heavy atom. The quantitative estimate of drug-likeness (QED) is 0.649. The lowest BCUT2D eigenvalue weighted by molar-refractivity contribution is -0.139. The van der Waals surface area contributed by atoms with Crippen LogP contribution in [0, 0.1) is 5.92 Å². The number of carboxylic acid groups (broad SMARTS) is 1. The first-order valence-corrected chi connectivity index (χ1v) is 7.86. The van der Waals surface area contributed by atoms with Gasteiger partial charge in [0.15, 0.2) is 0 Å². The summed E-state index contributed by atoms with van der Waals surface area (Å²) in [5, 5.41) is 14.2. The van der Waals surface area contributed by atoms with Gasteiger partial charge >= 0.3 is 12.0 Å². The molecule has 0 spiro atoms. The Bertz CT molecular complexity index is 295. The predicted molar refractivity (Wildman–Crippen MR) is 74.5 cm³/mol. The van der Waals surface area contributed by atoms with Crippen LogP contribution in [0.4, 0.5) is 4.79 Å². The van der Waals surface area contributed by atoms with Gasteiger partial charge in [0.2, 0.25) is 0 Å². The van der Waals surface area contributed by atoms with Crippen LogP contribution in [-0.2, 0) is 9.53 Å². The van der Waals surface area contributed by atoms with Gasteiger partial charge in [-0.2, -0.15) is 11.8 Å². The molecule has 0 aromatic carbocycles. The molecule has 1 fully saturated rings. The Balaban J connectivity index is 2.25. The molecule has 1 heterocycles. The van der Waals surface area contributed by atoms with Crippen LogP contribution >= 0.6 is 11.8 Å². The van der Waals surface area contributed by atoms with E-state index in [9.17, 15) is 9.59 Å². The molecule has 0 aromatic heterocycles. The molecule has 0 bridgehead atoms. The number of thioether (sulfide) groups is 1. The summed E-state index contributed by atoms with van der Waals surface area (Å²) in [6, 6.07) is -1.22. The predicted octanol–water partition coefficient (Wildman–Crippen LogP) is 0.918. The molecule has 2 amide bonds. The molecule has 0 aliphatic carbocycles. The maximum Gasteiger partial charge on any atom is 0.326 e. The van der Waals surface area contributed by atoms with Crippen LogP contribution in [0.15, 0.2) is 0 Å². The lowest BCUT2D eigenvalue weighted by atomic mass is 10.0. The van der Waals surface area contributed by atoms with E-state index < -0.39 is 18.0 Å². The van der Waals surface area contributed by atoms with E-state index in [1.807, 2.05) is 6.26 Å². The fraction of sp³-hybridized carbons (Fsp3) is 0.833. The van der Waals surface area contributed by atoms with Gasteiger partial charge in [-0.25, -0.2) is 9.59 Å². The average Bonchev–Trinajstić information content (AvgIpc) is 2.42. The van der Waals surface area contributed by atoms with E-state index in [1.165, 1.54) is 0 Å². The molecule has 1 rings (SSSR count). The summed E-state index contributed by atoms with van der Waals surface area (Å²) in [5.74, 6) is 0.140. The zero-order chi connectivity index (χ0) is 14.1. The van der Waals surface area contributed by atoms with Crippen molar-refractivity contribution in [3.05, 3.63) is 0 Å². The van der Waals surface area contributed by atoms with Gasteiger partial charge in [-0.05, 0) is 37.2 Å². The number of carbonyl (C=O) groups excluding carboxylic acids is 1. The minimum absolute atomic E-state index is 0.403. The smallest absolute Gasteiger partial charge is 0.326 e. The summed E-state index contributed by atoms with van der Waals surface area (Å²) in [6.07, 6.45) is 4.22. The van der Waals surface area contributed by atoms with E-state index in [-0.39, 0.29) is 0 Å². The number of carbonyl (C=O) groups is 2. The molecule has 1 aliphatic heterocycles. The normalized spacial score (nSPS) is 17.7. The summed E-state index contributed by atoms with van der Waals surface area (Å²) in [5.41, 5.74) is 0. The van der Waals surface area contributed by atoms with Crippen molar-refractivity contribution < 1.29 is 19.4 Å². The van der Waals surface area contributed by atoms with Crippen LogP contribution in [0.2, 0.25) is 0 Å². The first-order valence-electron chi connectivity index (χ1n) is 6.47. The lowest BCUT2D eigenvalue weighted by Crippen LogP contribution is -2.47. The van der Waals surface area contributed by atoms with Gasteiger partial charge in [-0.1, -0.05) is 0 Å². The molecule has 1 saturated heterocycles. The van der Waals surface area contributed by atoms with E-state index in [0.29, 0.717) is 24.6 Å². The number of hydrogen-bond donors (Lipinski definition) is 3. The second-order valence-corrected chi connectivity index (χ2v) is 5.57. The minimum Gasteiger partial charge on any atom is -0.480 e. The van der Waals surface area contributed by atoms with Crippen molar-refractivity contribution in [2.45, 2.75) is 25.3 Å². The van der Waals surface area contributed by atoms with Crippen LogP contribution in [0.5, 0.6) is 0 Å². The van der Waals surface area contributed by atoms with Crippen molar-refractivity contribution in [3.8, 4) is 0 Å². The summed E-state index contributed by atoms with van der Waals surface area (Å²) in [6.45, 7) is 2.04. The van der Waals surface area contributed by atoms with Gasteiger partial charge in [0.1, 0.15) is 6.04 Å². The second kappa shape index (κ2) is 9.03. The average molecular weight is 290 g/mol. The topological polar surface area (TPSA) is 87.7 Å². The molecule has 7 heteroatoms. The molecular weight excluding hydrogens is 268 g/mol. The fourth-order valence-corrected chi connectivity index (χ4v) is 2.36. The van der Waals surface area contributed by atoms with Gasteiger partial charge in [0.05, 0.1) is 0 Å². The Hall–Kier alpha value is -0.950. The van der Waals surface area contributed by atoms with E-state index >= 15 is 0 Å². The van der Waals surface area contributed by atoms with Crippen LogP contribution < -0.4 is 10.6 Å². The van der Waals surface area contributed by atoms with E-state index in [4.69, 9.17) is 9.84 Å². The maximum absolute atomic E-state index is 11.6. The zero-order valence-electron chi connectivity index (χ0n) is 11.2. The van der Waals surface area contributed by atoms with Gasteiger partial charge in [-0.3, -0.25) is 0 Å². The van der Waals surface area contributed by atoms with Crippen molar-refractivity contribution in [1.82, 2.24) is 10.6 Å². The molecule has 0 aromatic rings. The van der Waals surface area contributed by atoms with Crippen LogP contribution in [-0.4, -0.2) is 54.9 Å². The number of rotatable bonds is 7. The van der Waals surface area contributed by atoms with Crippen molar-refractivity contribution in [3.63, 3.8) is 0 Å². The largest absolute Gasteiger partial charge is 0.480 e. The first-order chi connectivity index (χ1) is 9.13. The van der Waals surface area contributed by atoms with Crippen LogP contribution in [0.25, 0.3) is 0 Å². The van der Waals surface area contributed by atoms with Crippen LogP contribution in [0.3, 0.4) is 0 Å². The van der Waals surface area contributed by atoms with Crippen molar-refractivity contribution in [2.75, 3.05) is 31.8 Å². The molecule has 0 unspecified atom stereocenters. The number of urea groups is 1. The molecule has 1 atom stereocenters. The van der Waals surface area contributed by atoms with Gasteiger partial charge in [-0.15, -0.1) is 0 Å². The van der Waals surface area contributed by atoms with Gasteiger partial charge in [0.25, 0.3) is 0 Å². The highest BCUT2D eigenvalue weighted by molar-refractivity contribution is 7.98. The van der Waals surface area contributed by atoms with Crippen molar-refractivity contribution in [2.24, 2.45) is 5.92 Å². The summed E-state index contributed by atoms with van der Waals surface area (Å²) >= 11 is 1.56. The van der Waals surface area contributed by atoms with E-state index in [2.05, 4.69) is 10.6 Å². The molecule has 19 heavy (non-hydrogen) atoms. The number of carboxylic acids is 1. The molecule has 110 valence electrons. The summed E-state index contributed by atoms with van der Waals surface area (Å²) in [7, 11) is 0. The maximum atomic E-state index is 11.6. The van der Waals surface area contributed by atoms with Crippen molar-refractivity contribution >= 4 is 23.8 Å². The van der Waals surface area contributed by atoms with Gasteiger partial charge < -0.3 is 20.5 Å². The Morgan fingerprint density at radius 3 is 2.68 bits per heavy atom. The number of ether oxygens (including phenoxy) is 1. The molecule has 6 nitrogen and oxygen atoms in total. The van der Waals surface area contributed by atoms with Crippen molar-refractivity contribution in [1.29, 1.82) is 0 Å². The Morgan fingerprint density at radius 2 is 2.11 bits per heavy atom. The zero-order valence-corrected chi connectivity index (χ0v) is 12.0. The Kier molecular flexibility index (Phi) is 7.66. The SMILES string of the molecule is CSCC[C@@H](NC(=O)NCC1CCOCC1)C(=O)O. The minimum atomic E-state index is -0.990. The number of aliphatic carboxylic acids is 1. The third kappa shape index (κ3) is 6.68. The molecule has 0 radical (unpaired) electrons. The van der Waals surface area contributed by atoms with E-state index in [1.54, 1.807) is 11.8 Å². The highest BCUT2D eigenvalue weighted by atomic mass is 32.2. The highest BCUT2D eigenvalue weighted by Gasteiger charge is 2.20. The lowest BCUT2D eigenvalue weighted by Gasteiger charge is -2.22. The molecular formula is C12H22N2O4S. The standard InChI is InChI=1S/C12H22N2O4S/c1-19-7-4-10(11(15)16)14-12(17)13-8-9-2-5-18-6-3-9/h9-10H,2-8H2,1H3,(H,15,16)(H2,13,14,17)/t10-/m1/s1. The molecule has 3 N–H and O–H groups in total. The number of amides is 2. The third-order valence-corrected chi connectivity index (χ3v) is 3.75. The Labute approximate surface area is 117 Å². The summed E-state index contributed by atoms with van der Waals surface area (Å²) in [4.78, 5) is 22.6. The number of nitrogens with one attached hydrogen (secondary N) is 2. The van der Waals surface area contributed by atoms with Crippen LogP contribution in [0.1, 0.15) is 19.3 Å². The molecule has 0 saturated carbocycles. The number of hydrogen-bond acceptors (Lipinski definition) is 4.